The number of aromatic amines is 1. The molecule has 3 aromatic heterocycles. The van der Waals surface area contributed by atoms with Gasteiger partial charge in [0.1, 0.15) is 0 Å². The molecule has 10 heteroatoms. The van der Waals surface area contributed by atoms with Gasteiger partial charge in [-0.05, 0) is 18.2 Å². The van der Waals surface area contributed by atoms with Gasteiger partial charge < -0.3 is 9.67 Å². The number of benzene rings is 1. The normalized spacial score (nSPS) is 12.9. The number of fused-ring (bicyclic) bond motifs is 2. The monoisotopic (exact) mass is 441 g/mol. The largest absolute Gasteiger partial charge is 0.479 e. The van der Waals surface area contributed by atoms with Crippen molar-refractivity contribution in [2.24, 2.45) is 0 Å². The quantitative estimate of drug-likeness (QED) is 0.463. The average molecular weight is 441 g/mol. The lowest BCUT2D eigenvalue weighted by molar-refractivity contribution is -0.142. The summed E-state index contributed by atoms with van der Waals surface area (Å²) in [4.78, 5) is 15.8. The highest BCUT2D eigenvalue weighted by molar-refractivity contribution is 5.94. The fourth-order valence-electron chi connectivity index (χ4n) is 3.97. The number of H-pyrrole nitrogens is 1. The Labute approximate surface area is 180 Å². The van der Waals surface area contributed by atoms with Crippen LogP contribution >= 0.6 is 0 Å². The molecule has 7 nitrogen and oxygen atoms in total. The second-order valence-corrected chi connectivity index (χ2v) is 8.15. The van der Waals surface area contributed by atoms with Crippen LogP contribution in [0.15, 0.2) is 30.5 Å². The first-order valence-electron chi connectivity index (χ1n) is 9.71. The molecule has 3 heterocycles. The van der Waals surface area contributed by atoms with Crippen LogP contribution in [0.5, 0.6) is 0 Å². The van der Waals surface area contributed by atoms with Crippen LogP contribution in [-0.4, -0.2) is 37.0 Å². The van der Waals surface area contributed by atoms with E-state index in [2.05, 4.69) is 21.3 Å². The average Bonchev–Trinajstić information content (AvgIpc) is 3.30. The van der Waals surface area contributed by atoms with Gasteiger partial charge in [0, 0.05) is 46.7 Å². The minimum atomic E-state index is -2.23. The van der Waals surface area contributed by atoms with Gasteiger partial charge in [0.25, 0.3) is 0 Å². The first-order valence-corrected chi connectivity index (χ1v) is 9.71. The summed E-state index contributed by atoms with van der Waals surface area (Å²) in [6.07, 6.45) is -1.21. The van der Waals surface area contributed by atoms with Crippen molar-refractivity contribution < 1.29 is 23.1 Å². The molecular weight excluding hydrogens is 423 g/mol. The van der Waals surface area contributed by atoms with E-state index in [1.807, 2.05) is 0 Å². The number of rotatable bonds is 6. The topological polar surface area (TPSA) is 108 Å². The van der Waals surface area contributed by atoms with Gasteiger partial charge in [-0.25, -0.2) is 22.9 Å². The van der Waals surface area contributed by atoms with E-state index in [0.717, 1.165) is 12.1 Å². The summed E-state index contributed by atoms with van der Waals surface area (Å²) >= 11 is 0. The molecule has 0 saturated heterocycles. The molecule has 1 aromatic carbocycles. The van der Waals surface area contributed by atoms with Gasteiger partial charge in [0.05, 0.1) is 23.3 Å². The third kappa shape index (κ3) is 3.45. The molecule has 0 amide bonds. The van der Waals surface area contributed by atoms with Crippen molar-refractivity contribution in [3.63, 3.8) is 0 Å². The second kappa shape index (κ2) is 7.67. The first-order chi connectivity index (χ1) is 15.1. The molecular formula is C22H18F3N5O2. The summed E-state index contributed by atoms with van der Waals surface area (Å²) in [7, 11) is 0. The van der Waals surface area contributed by atoms with Gasteiger partial charge in [-0.2, -0.15) is 10.4 Å². The van der Waals surface area contributed by atoms with E-state index in [1.165, 1.54) is 12.3 Å². The Balaban J connectivity index is 2.16. The fraction of sp³-hybridized carbons (Fsp3) is 0.273. The van der Waals surface area contributed by atoms with Crippen molar-refractivity contribution in [3.05, 3.63) is 53.4 Å². The summed E-state index contributed by atoms with van der Waals surface area (Å²) in [6.45, 7) is 3.48. The number of nitriles is 1. The van der Waals surface area contributed by atoms with Gasteiger partial charge in [0.15, 0.2) is 17.3 Å². The summed E-state index contributed by atoms with van der Waals surface area (Å²) in [6, 6.07) is 7.11. The smallest absolute Gasteiger partial charge is 0.338 e. The molecule has 1 atom stereocenters. The third-order valence-corrected chi connectivity index (χ3v) is 5.42. The van der Waals surface area contributed by atoms with Crippen LogP contribution in [0.4, 0.5) is 13.2 Å². The van der Waals surface area contributed by atoms with Crippen LogP contribution in [0.2, 0.25) is 0 Å². The number of aromatic nitrogens is 4. The van der Waals surface area contributed by atoms with Gasteiger partial charge in [-0.3, -0.25) is 5.10 Å². The summed E-state index contributed by atoms with van der Waals surface area (Å²) in [5.74, 6) is -3.75. The summed E-state index contributed by atoms with van der Waals surface area (Å²) in [5, 5.41) is 25.8. The molecule has 0 spiro atoms. The van der Waals surface area contributed by atoms with E-state index in [1.54, 1.807) is 24.5 Å². The van der Waals surface area contributed by atoms with Crippen LogP contribution in [0.3, 0.4) is 0 Å². The Kier molecular flexibility index (Phi) is 5.12. The number of nitrogens with zero attached hydrogens (tertiary/aromatic N) is 4. The lowest BCUT2D eigenvalue weighted by Gasteiger charge is -2.26. The molecule has 4 rings (SSSR count). The van der Waals surface area contributed by atoms with Gasteiger partial charge >= 0.3 is 5.97 Å². The predicted octanol–water partition coefficient (Wildman–Crippen LogP) is 4.34. The van der Waals surface area contributed by atoms with E-state index < -0.39 is 35.6 Å². The van der Waals surface area contributed by atoms with Crippen molar-refractivity contribution in [1.82, 2.24) is 19.7 Å². The zero-order valence-electron chi connectivity index (χ0n) is 17.2. The van der Waals surface area contributed by atoms with Crippen molar-refractivity contribution in [2.45, 2.75) is 38.3 Å². The first kappa shape index (κ1) is 21.4. The van der Waals surface area contributed by atoms with Crippen molar-refractivity contribution >= 4 is 28.0 Å². The Morgan fingerprint density at radius 2 is 2.06 bits per heavy atom. The number of pyridine rings is 1. The second-order valence-electron chi connectivity index (χ2n) is 8.15. The lowest BCUT2D eigenvalue weighted by Crippen LogP contribution is -2.25. The molecule has 0 unspecified atom stereocenters. The molecule has 4 aromatic rings. The van der Waals surface area contributed by atoms with E-state index >= 15 is 0 Å². The minimum absolute atomic E-state index is 0.00342. The van der Waals surface area contributed by atoms with Crippen molar-refractivity contribution in [2.75, 3.05) is 0 Å². The van der Waals surface area contributed by atoms with E-state index in [-0.39, 0.29) is 23.2 Å². The molecule has 0 radical (unpaired) electrons. The van der Waals surface area contributed by atoms with Gasteiger partial charge in [-0.15, -0.1) is 0 Å². The molecule has 0 bridgehead atoms. The molecule has 0 aliphatic carbocycles. The number of carbonyl (C=O) groups is 1. The summed E-state index contributed by atoms with van der Waals surface area (Å²) < 4.78 is 43.8. The Morgan fingerprint density at radius 3 is 2.72 bits per heavy atom. The van der Waals surface area contributed by atoms with Crippen LogP contribution < -0.4 is 0 Å². The van der Waals surface area contributed by atoms with Crippen LogP contribution in [-0.2, 0) is 16.6 Å². The SMILES string of the molecule is CC(C)(CC#N)c1c(C[C@@H](F)C(=O)O)c2nc3[nH]ncc3cc2n1-c1ccc(F)c(F)c1. The maximum absolute atomic E-state index is 14.4. The maximum atomic E-state index is 14.4. The molecule has 0 aliphatic rings. The molecule has 164 valence electrons. The Bertz CT molecular complexity index is 1400. The number of alkyl halides is 1. The zero-order chi connectivity index (χ0) is 23.2. The van der Waals surface area contributed by atoms with Gasteiger partial charge in [0.2, 0.25) is 6.17 Å². The van der Waals surface area contributed by atoms with Crippen molar-refractivity contribution in [3.8, 4) is 11.8 Å². The highest BCUT2D eigenvalue weighted by Crippen LogP contribution is 2.40. The molecule has 2 N–H and O–H groups in total. The number of hydrogen-bond acceptors (Lipinski definition) is 4. The Morgan fingerprint density at radius 1 is 1.31 bits per heavy atom. The van der Waals surface area contributed by atoms with Crippen LogP contribution in [0.1, 0.15) is 31.5 Å². The fourth-order valence-corrected chi connectivity index (χ4v) is 3.97. The maximum Gasteiger partial charge on any atom is 0.338 e. The van der Waals surface area contributed by atoms with E-state index in [0.29, 0.717) is 22.2 Å². The minimum Gasteiger partial charge on any atom is -0.479 e. The van der Waals surface area contributed by atoms with Gasteiger partial charge in [-0.1, -0.05) is 13.8 Å². The molecule has 0 fully saturated rings. The lowest BCUT2D eigenvalue weighted by atomic mass is 9.82. The molecule has 32 heavy (non-hydrogen) atoms. The number of carboxylic acids is 1. The predicted molar refractivity (Wildman–Crippen MR) is 110 cm³/mol. The molecule has 0 aliphatic heterocycles. The number of hydrogen-bond donors (Lipinski definition) is 2. The molecule has 0 saturated carbocycles. The highest BCUT2D eigenvalue weighted by Gasteiger charge is 2.34. The van der Waals surface area contributed by atoms with E-state index in [4.69, 9.17) is 0 Å². The van der Waals surface area contributed by atoms with Crippen LogP contribution in [0.25, 0.3) is 27.8 Å². The summed E-state index contributed by atoms with van der Waals surface area (Å²) in [5.41, 5.74) is 1.12. The number of carboxylic acid groups (broad SMARTS) is 1. The zero-order valence-corrected chi connectivity index (χ0v) is 17.2. The Hall–Kier alpha value is -3.87. The standard InChI is InChI=1S/C22H18F3N5O2/c1-22(2,5-6-26)19-13(9-16(25)21(31)32)18-17(7-11-10-27-29-20(11)28-18)30(19)12-3-4-14(23)15(24)8-12/h3-4,7-8,10,16H,5,9H2,1-2H3,(H,31,32)(H,27,28,29)/t16-/m1/s1. The van der Waals surface area contributed by atoms with Crippen molar-refractivity contribution in [1.29, 1.82) is 5.26 Å². The van der Waals surface area contributed by atoms with E-state index in [9.17, 15) is 28.3 Å². The number of nitrogens with one attached hydrogen (secondary N) is 1. The number of halogens is 3. The third-order valence-electron chi connectivity index (χ3n) is 5.42. The number of aliphatic carboxylic acids is 1. The highest BCUT2D eigenvalue weighted by atomic mass is 19.2. The van der Waals surface area contributed by atoms with Crippen LogP contribution in [0, 0.1) is 23.0 Å².